The van der Waals surface area contributed by atoms with Gasteiger partial charge in [-0.3, -0.25) is 18.9 Å². The van der Waals surface area contributed by atoms with E-state index in [1.165, 1.54) is 9.47 Å². The number of phosphoric acid groups is 1. The molecule has 2 aliphatic rings. The van der Waals surface area contributed by atoms with Crippen molar-refractivity contribution in [3.05, 3.63) is 63.1 Å². The van der Waals surface area contributed by atoms with Crippen LogP contribution in [-0.2, 0) is 36.4 Å². The van der Waals surface area contributed by atoms with E-state index in [9.17, 15) is 37.4 Å². The number of amides is 2. The van der Waals surface area contributed by atoms with Gasteiger partial charge in [0.15, 0.2) is 11.9 Å². The first-order valence-electron chi connectivity index (χ1n) is 12.4. The van der Waals surface area contributed by atoms with Crippen LogP contribution in [0.25, 0.3) is 0 Å². The molecule has 1 aromatic carbocycles. The number of phosphoric ester groups is 1. The molecule has 0 saturated carbocycles. The van der Waals surface area contributed by atoms with Crippen LogP contribution >= 0.6 is 7.82 Å². The molecule has 19 heteroatoms. The number of fused-ring (bicyclic) bond motifs is 2. The first kappa shape index (κ1) is 34.6. The minimum absolute atomic E-state index is 0. The van der Waals surface area contributed by atoms with Crippen molar-refractivity contribution in [3.8, 4) is 5.75 Å². The molecular weight excluding hydrogens is 614 g/mol. The fourth-order valence-electron chi connectivity index (χ4n) is 4.26. The molecule has 2 amide bonds. The van der Waals surface area contributed by atoms with Crippen LogP contribution in [0, 0.1) is 11.6 Å². The number of hydrogen-bond donors (Lipinski definition) is 2. The maximum Gasteiger partial charge on any atom is 1.00 e. The summed E-state index contributed by atoms with van der Waals surface area (Å²) >= 11 is 0. The number of ether oxygens (including phenoxy) is 4. The van der Waals surface area contributed by atoms with Crippen LogP contribution in [0.2, 0.25) is 0 Å². The molecule has 0 aliphatic carbocycles. The largest absolute Gasteiger partial charge is 1.00 e. The second kappa shape index (κ2) is 14.7. The minimum Gasteiger partial charge on any atom is -0.756 e. The van der Waals surface area contributed by atoms with E-state index in [2.05, 4.69) is 9.84 Å². The van der Waals surface area contributed by atoms with Crippen molar-refractivity contribution in [1.29, 1.82) is 0 Å². The topological polar surface area (TPSA) is 195 Å². The zero-order valence-corrected chi connectivity index (χ0v) is 25.8. The molecule has 1 unspecified atom stereocenters. The summed E-state index contributed by atoms with van der Waals surface area (Å²) < 4.78 is 63.6. The van der Waals surface area contributed by atoms with E-state index in [-0.39, 0.29) is 79.6 Å². The van der Waals surface area contributed by atoms with Gasteiger partial charge in [0.05, 0.1) is 32.4 Å². The van der Waals surface area contributed by atoms with Gasteiger partial charge in [-0.05, 0) is 13.0 Å². The molecule has 0 spiro atoms. The first-order chi connectivity index (χ1) is 19.9. The monoisotopic (exact) mass is 639 g/mol. The van der Waals surface area contributed by atoms with Gasteiger partial charge >= 0.3 is 35.7 Å². The van der Waals surface area contributed by atoms with E-state index in [4.69, 9.17) is 23.8 Å². The Morgan fingerprint density at radius 2 is 1.98 bits per heavy atom. The van der Waals surface area contributed by atoms with Crippen LogP contribution in [-0.4, -0.2) is 71.2 Å². The molecule has 0 radical (unpaired) electrons. The third-order valence-corrected chi connectivity index (χ3v) is 6.69. The molecule has 228 valence electrons. The molecule has 2 N–H and O–H groups in total. The quantitative estimate of drug-likeness (QED) is 0.0873. The Hall–Kier alpha value is -2.89. The van der Waals surface area contributed by atoms with Crippen LogP contribution < -0.4 is 49.9 Å². The number of nitrogens with one attached hydrogen (secondary N) is 1. The number of benzene rings is 1. The Kier molecular flexibility index (Phi) is 11.8. The van der Waals surface area contributed by atoms with Gasteiger partial charge in [-0.1, -0.05) is 6.07 Å². The Morgan fingerprint density at radius 1 is 1.23 bits per heavy atom. The van der Waals surface area contributed by atoms with Crippen LogP contribution in [0.3, 0.4) is 0 Å². The van der Waals surface area contributed by atoms with Gasteiger partial charge < -0.3 is 48.0 Å². The summed E-state index contributed by atoms with van der Waals surface area (Å²) in [6.45, 7) is -0.121. The molecule has 3 atom stereocenters. The first-order valence-corrected chi connectivity index (χ1v) is 13.9. The fraction of sp³-hybridized carbons (Fsp3) is 0.417. The van der Waals surface area contributed by atoms with Crippen molar-refractivity contribution < 1.29 is 90.5 Å². The smallest absolute Gasteiger partial charge is 0.756 e. The number of aromatic nitrogens is 1. The number of halogens is 2. The number of nitrogens with zero attached hydrogens (tertiary/aromatic N) is 2. The Morgan fingerprint density at radius 3 is 2.67 bits per heavy atom. The second-order valence-electron chi connectivity index (χ2n) is 9.13. The van der Waals surface area contributed by atoms with Crippen molar-refractivity contribution >= 4 is 25.8 Å². The SMILES string of the molecule is C[C@H]1CO[C@@H]2Cn3cc(C(=O)NCc4ccc(F)cc4F)c(=O)c(OCOC(=O)OCCCOP(=O)([O-])O)c3C(=O)N12.[Na+]. The van der Waals surface area contributed by atoms with Gasteiger partial charge in [-0.2, -0.15) is 0 Å². The Bertz CT molecular complexity index is 1490. The molecule has 43 heavy (non-hydrogen) atoms. The molecule has 1 aromatic heterocycles. The van der Waals surface area contributed by atoms with Crippen molar-refractivity contribution in [2.45, 2.75) is 38.7 Å². The summed E-state index contributed by atoms with van der Waals surface area (Å²) in [4.78, 5) is 71.9. The van der Waals surface area contributed by atoms with Gasteiger partial charge in [0.2, 0.25) is 18.0 Å². The fourth-order valence-corrected chi connectivity index (χ4v) is 4.62. The summed E-state index contributed by atoms with van der Waals surface area (Å²) in [6, 6.07) is 2.44. The second-order valence-corrected chi connectivity index (χ2v) is 10.3. The average molecular weight is 639 g/mol. The number of hydrogen-bond acceptors (Lipinski definition) is 11. The molecular formula is C24H25F2N3NaO12P. The molecule has 4 rings (SSSR count). The maximum atomic E-state index is 14.0. The van der Waals surface area contributed by atoms with Gasteiger partial charge in [-0.15, -0.1) is 0 Å². The standard InChI is InChI=1S/C24H26F2N3O12P.Na/c1-13-11-38-18-10-28-9-16(22(31)27-8-14-3-4-15(25)7-17(14)26)20(30)21(19(28)23(32)29(13)18)39-12-40-24(33)37-5-2-6-41-42(34,35)36;/h3-4,7,9,13,18H,2,5-6,8,10-12H2,1H3,(H,27,31)(H2,34,35,36);/q;+1/p-1/t13-,18+;/m0./s1. The summed E-state index contributed by atoms with van der Waals surface area (Å²) in [5.74, 6) is -3.90. The van der Waals surface area contributed by atoms with Crippen molar-refractivity contribution in [2.24, 2.45) is 0 Å². The van der Waals surface area contributed by atoms with E-state index in [0.29, 0.717) is 6.07 Å². The minimum atomic E-state index is -4.92. The van der Waals surface area contributed by atoms with Crippen LogP contribution in [0.4, 0.5) is 13.6 Å². The summed E-state index contributed by atoms with van der Waals surface area (Å²) in [6.07, 6.45) is -0.938. The number of rotatable bonds is 11. The van der Waals surface area contributed by atoms with E-state index in [1.807, 2.05) is 0 Å². The van der Waals surface area contributed by atoms with Gasteiger partial charge in [0.25, 0.3) is 19.6 Å². The summed E-state index contributed by atoms with van der Waals surface area (Å²) in [7, 11) is -4.92. The molecule has 1 fully saturated rings. The zero-order chi connectivity index (χ0) is 30.6. The maximum absolute atomic E-state index is 14.0. The molecule has 3 heterocycles. The summed E-state index contributed by atoms with van der Waals surface area (Å²) in [5.41, 5.74) is -1.78. The molecule has 2 aliphatic heterocycles. The zero-order valence-electron chi connectivity index (χ0n) is 22.9. The van der Waals surface area contributed by atoms with E-state index in [1.54, 1.807) is 6.92 Å². The predicted molar refractivity (Wildman–Crippen MR) is 132 cm³/mol. The van der Waals surface area contributed by atoms with E-state index < -0.39 is 73.8 Å². The van der Waals surface area contributed by atoms with E-state index >= 15 is 0 Å². The van der Waals surface area contributed by atoms with Gasteiger partial charge in [-0.25, -0.2) is 13.6 Å². The van der Waals surface area contributed by atoms with Crippen molar-refractivity contribution in [2.75, 3.05) is 26.6 Å². The molecule has 1 saturated heterocycles. The normalized spacial score (nSPS) is 18.5. The van der Waals surface area contributed by atoms with Crippen molar-refractivity contribution in [1.82, 2.24) is 14.8 Å². The van der Waals surface area contributed by atoms with E-state index in [0.717, 1.165) is 18.3 Å². The molecule has 15 nitrogen and oxygen atoms in total. The predicted octanol–water partition coefficient (Wildman–Crippen LogP) is -2.38. The number of carbonyl (C=O) groups is 3. The van der Waals surface area contributed by atoms with Crippen molar-refractivity contribution in [3.63, 3.8) is 0 Å². The third kappa shape index (κ3) is 8.61. The summed E-state index contributed by atoms with van der Waals surface area (Å²) in [5, 5.41) is 2.37. The third-order valence-electron chi connectivity index (χ3n) is 6.19. The average Bonchev–Trinajstić information content (AvgIpc) is 3.28. The molecule has 2 aromatic rings. The van der Waals surface area contributed by atoms with Gasteiger partial charge in [0, 0.05) is 30.8 Å². The van der Waals surface area contributed by atoms with Crippen LogP contribution in [0.15, 0.2) is 29.2 Å². The van der Waals surface area contributed by atoms with Gasteiger partial charge in [0.1, 0.15) is 17.2 Å². The molecule has 0 bridgehead atoms. The van der Waals surface area contributed by atoms with Crippen LogP contribution in [0.5, 0.6) is 5.75 Å². The number of carbonyl (C=O) groups excluding carboxylic acids is 3. The Labute approximate surface area is 264 Å². The van der Waals surface area contributed by atoms with Crippen LogP contribution in [0.1, 0.15) is 39.8 Å². The number of pyridine rings is 1. The Balaban J connectivity index is 0.00000506.